The van der Waals surface area contributed by atoms with Crippen LogP contribution in [0.15, 0.2) is 0 Å². The summed E-state index contributed by atoms with van der Waals surface area (Å²) in [5, 5.41) is 17.7. The Bertz CT molecular complexity index is 722. The third kappa shape index (κ3) is 18.4. The number of carboxylic acids is 1. The fourth-order valence-corrected chi connectivity index (χ4v) is 5.65. The van der Waals surface area contributed by atoms with Gasteiger partial charge in [0.05, 0.1) is 98.0 Å². The molecule has 2 saturated heterocycles. The first-order valence-corrected chi connectivity index (χ1v) is 15.3. The fraction of sp³-hybridized carbons (Fsp3) is 0.885. The van der Waals surface area contributed by atoms with Gasteiger partial charge in [0.15, 0.2) is 0 Å². The molecule has 2 aliphatic rings. The van der Waals surface area contributed by atoms with Gasteiger partial charge in [-0.3, -0.25) is 4.79 Å². The van der Waals surface area contributed by atoms with Crippen LogP contribution in [0.5, 0.6) is 0 Å². The quantitative estimate of drug-likeness (QED) is 0.0694. The predicted octanol–water partition coefficient (Wildman–Crippen LogP) is 0.0292. The van der Waals surface area contributed by atoms with Gasteiger partial charge >= 0.3 is 12.0 Å². The van der Waals surface area contributed by atoms with Crippen molar-refractivity contribution in [2.24, 2.45) is 0 Å². The van der Waals surface area contributed by atoms with Gasteiger partial charge in [-0.15, -0.1) is 0 Å². The van der Waals surface area contributed by atoms with Crippen LogP contribution >= 0.6 is 11.8 Å². The SMILES string of the molecule is O=C(O)COCCOCCOCCOCCOCCOCCOCCNC(=O)CCCC[C@@H]1SC[C@@H]2NC(=O)N[C@@H]21. The first-order chi connectivity index (χ1) is 20.1. The molecule has 0 radical (unpaired) electrons. The molecule has 0 aliphatic carbocycles. The molecule has 41 heavy (non-hydrogen) atoms. The standard InChI is InChI=1S/C26H47N3O11S/c30-23(4-2-1-3-22-25-21(20-41-22)28-26(33)29-25)27-5-6-34-7-8-35-9-10-36-11-12-37-13-14-38-15-16-39-17-18-40-19-24(31)32/h21-22,25H,1-20H2,(H,27,30)(H,31,32)(H2,28,29,33)/t21-,22-,25-/m0/s1. The Morgan fingerprint density at radius 2 is 1.27 bits per heavy atom. The highest BCUT2D eigenvalue weighted by atomic mass is 32.2. The zero-order valence-electron chi connectivity index (χ0n) is 23.8. The van der Waals surface area contributed by atoms with Gasteiger partial charge in [0.1, 0.15) is 6.61 Å². The van der Waals surface area contributed by atoms with E-state index in [0.29, 0.717) is 97.5 Å². The molecule has 2 heterocycles. The van der Waals surface area contributed by atoms with E-state index >= 15 is 0 Å². The Morgan fingerprint density at radius 3 is 1.80 bits per heavy atom. The lowest BCUT2D eigenvalue weighted by Crippen LogP contribution is -2.36. The molecule has 0 saturated carbocycles. The molecule has 3 amide bonds. The molecule has 4 N–H and O–H groups in total. The average molecular weight is 610 g/mol. The van der Waals surface area contributed by atoms with E-state index in [1.54, 1.807) is 0 Å². The lowest BCUT2D eigenvalue weighted by atomic mass is 10.0. The van der Waals surface area contributed by atoms with Gasteiger partial charge < -0.3 is 54.2 Å². The first-order valence-electron chi connectivity index (χ1n) is 14.3. The Kier molecular flexibility index (Phi) is 20.6. The van der Waals surface area contributed by atoms with E-state index in [0.717, 1.165) is 25.0 Å². The molecule has 2 rings (SSSR count). The van der Waals surface area contributed by atoms with Gasteiger partial charge in [-0.25, -0.2) is 9.59 Å². The number of urea groups is 1. The third-order valence-corrected chi connectivity index (χ3v) is 7.62. The van der Waals surface area contributed by atoms with Gasteiger partial charge in [-0.05, 0) is 12.8 Å². The Balaban J connectivity index is 1.20. The van der Waals surface area contributed by atoms with Crippen molar-refractivity contribution in [1.29, 1.82) is 0 Å². The molecule has 238 valence electrons. The van der Waals surface area contributed by atoms with Crippen LogP contribution in [-0.2, 0) is 42.7 Å². The maximum absolute atomic E-state index is 12.0. The van der Waals surface area contributed by atoms with E-state index in [2.05, 4.69) is 16.0 Å². The van der Waals surface area contributed by atoms with Gasteiger partial charge in [-0.2, -0.15) is 11.8 Å². The lowest BCUT2D eigenvalue weighted by Gasteiger charge is -2.16. The zero-order valence-corrected chi connectivity index (χ0v) is 24.6. The van der Waals surface area contributed by atoms with Crippen molar-refractivity contribution in [3.63, 3.8) is 0 Å². The highest BCUT2D eigenvalue weighted by Gasteiger charge is 2.42. The minimum atomic E-state index is -0.999. The topological polar surface area (TPSA) is 172 Å². The summed E-state index contributed by atoms with van der Waals surface area (Å²) in [6.45, 7) is 5.69. The smallest absolute Gasteiger partial charge is 0.329 e. The summed E-state index contributed by atoms with van der Waals surface area (Å²) < 4.78 is 37.2. The summed E-state index contributed by atoms with van der Waals surface area (Å²) in [5.41, 5.74) is 0. The number of amides is 3. The van der Waals surface area contributed by atoms with Crippen LogP contribution in [0.25, 0.3) is 0 Å². The number of thioether (sulfide) groups is 1. The van der Waals surface area contributed by atoms with Crippen LogP contribution < -0.4 is 16.0 Å². The monoisotopic (exact) mass is 609 g/mol. The Morgan fingerprint density at radius 1 is 0.756 bits per heavy atom. The highest BCUT2D eigenvalue weighted by Crippen LogP contribution is 2.33. The molecule has 0 aromatic rings. The van der Waals surface area contributed by atoms with Gasteiger partial charge in [0.2, 0.25) is 5.91 Å². The summed E-state index contributed by atoms with van der Waals surface area (Å²) in [6, 6.07) is 0.402. The average Bonchev–Trinajstić information content (AvgIpc) is 3.50. The van der Waals surface area contributed by atoms with Gasteiger partial charge in [-0.1, -0.05) is 6.42 Å². The molecular weight excluding hydrogens is 562 g/mol. The van der Waals surface area contributed by atoms with Gasteiger partial charge in [0.25, 0.3) is 0 Å². The summed E-state index contributed by atoms with van der Waals surface area (Å²) in [4.78, 5) is 33.7. The normalized spacial score (nSPS) is 19.6. The summed E-state index contributed by atoms with van der Waals surface area (Å²) in [5.74, 6) is -0.00481. The second-order valence-electron chi connectivity index (χ2n) is 9.34. The van der Waals surface area contributed by atoms with Crippen molar-refractivity contribution in [1.82, 2.24) is 16.0 Å². The molecule has 0 bridgehead atoms. The van der Waals surface area contributed by atoms with E-state index in [4.69, 9.17) is 38.3 Å². The highest BCUT2D eigenvalue weighted by molar-refractivity contribution is 8.00. The molecule has 0 unspecified atom stereocenters. The van der Waals surface area contributed by atoms with E-state index < -0.39 is 5.97 Å². The van der Waals surface area contributed by atoms with E-state index in [-0.39, 0.29) is 37.2 Å². The van der Waals surface area contributed by atoms with Crippen molar-refractivity contribution in [3.8, 4) is 0 Å². The molecule has 0 aromatic carbocycles. The van der Waals surface area contributed by atoms with Crippen molar-refractivity contribution in [2.75, 3.05) is 105 Å². The van der Waals surface area contributed by atoms with Crippen molar-refractivity contribution in [3.05, 3.63) is 0 Å². The number of hydrogen-bond donors (Lipinski definition) is 4. The van der Waals surface area contributed by atoms with Crippen LogP contribution in [0.3, 0.4) is 0 Å². The molecule has 15 heteroatoms. The minimum absolute atomic E-state index is 0.0371. The number of unbranched alkanes of at least 4 members (excludes halogenated alkanes) is 1. The second kappa shape index (κ2) is 23.8. The third-order valence-electron chi connectivity index (χ3n) is 6.11. The summed E-state index contributed by atoms with van der Waals surface area (Å²) in [6.07, 6.45) is 3.32. The predicted molar refractivity (Wildman–Crippen MR) is 150 cm³/mol. The number of ether oxygens (including phenoxy) is 7. The number of fused-ring (bicyclic) bond motifs is 1. The van der Waals surface area contributed by atoms with Crippen LogP contribution in [0.2, 0.25) is 0 Å². The van der Waals surface area contributed by atoms with Crippen molar-refractivity contribution >= 4 is 29.7 Å². The molecule has 2 fully saturated rings. The minimum Gasteiger partial charge on any atom is -0.480 e. The molecule has 14 nitrogen and oxygen atoms in total. The van der Waals surface area contributed by atoms with E-state index in [1.807, 2.05) is 11.8 Å². The van der Waals surface area contributed by atoms with Crippen LogP contribution in [0.4, 0.5) is 4.79 Å². The molecule has 2 aliphatic heterocycles. The molecule has 3 atom stereocenters. The van der Waals surface area contributed by atoms with E-state index in [9.17, 15) is 14.4 Å². The maximum Gasteiger partial charge on any atom is 0.329 e. The van der Waals surface area contributed by atoms with Crippen LogP contribution in [-0.4, -0.2) is 145 Å². The van der Waals surface area contributed by atoms with Crippen LogP contribution in [0, 0.1) is 0 Å². The number of aliphatic carboxylic acids is 1. The summed E-state index contributed by atoms with van der Waals surface area (Å²) >= 11 is 1.90. The number of hydrogen-bond acceptors (Lipinski definition) is 11. The number of nitrogens with one attached hydrogen (secondary N) is 3. The zero-order chi connectivity index (χ0) is 29.4. The fourth-order valence-electron chi connectivity index (χ4n) is 4.10. The Hall–Kier alpha value is -1.72. The Labute approximate surface area is 246 Å². The number of carbonyl (C=O) groups is 3. The first kappa shape index (κ1) is 35.5. The van der Waals surface area contributed by atoms with Crippen molar-refractivity contribution in [2.45, 2.75) is 43.0 Å². The van der Waals surface area contributed by atoms with E-state index in [1.165, 1.54) is 0 Å². The van der Waals surface area contributed by atoms with Crippen molar-refractivity contribution < 1.29 is 52.6 Å². The number of carbonyl (C=O) groups excluding carboxylic acids is 2. The largest absolute Gasteiger partial charge is 0.480 e. The second-order valence-corrected chi connectivity index (χ2v) is 10.6. The molecular formula is C26H47N3O11S. The summed E-state index contributed by atoms with van der Waals surface area (Å²) in [7, 11) is 0. The number of carboxylic acid groups (broad SMARTS) is 1. The lowest BCUT2D eigenvalue weighted by molar-refractivity contribution is -0.142. The van der Waals surface area contributed by atoms with Gasteiger partial charge in [0, 0.05) is 24.0 Å². The van der Waals surface area contributed by atoms with Crippen LogP contribution in [0.1, 0.15) is 25.7 Å². The molecule has 0 aromatic heterocycles. The maximum atomic E-state index is 12.0. The number of rotatable bonds is 28. The molecule has 0 spiro atoms.